The van der Waals surface area contributed by atoms with Gasteiger partial charge >= 0.3 is 0 Å². The molecule has 2 N–H and O–H groups in total. The monoisotopic (exact) mass is 346 g/mol. The third-order valence-corrected chi connectivity index (χ3v) is 4.69. The Balaban J connectivity index is 1.68. The Hall–Kier alpha value is -2.39. The summed E-state index contributed by atoms with van der Waals surface area (Å²) in [5.41, 5.74) is 2.74. The minimum atomic E-state index is -0.480. The number of H-pyrrole nitrogens is 1. The zero-order valence-electron chi connectivity index (χ0n) is 13.1. The molecule has 1 aliphatic rings. The highest BCUT2D eigenvalue weighted by atomic mass is 32.1. The molecular weight excluding hydrogens is 331 g/mol. The van der Waals surface area contributed by atoms with E-state index in [2.05, 4.69) is 44.3 Å². The quantitative estimate of drug-likeness (QED) is 0.755. The third kappa shape index (κ3) is 2.65. The fourth-order valence-electron chi connectivity index (χ4n) is 2.66. The predicted molar refractivity (Wildman–Crippen MR) is 87.3 cm³/mol. The van der Waals surface area contributed by atoms with Crippen molar-refractivity contribution >= 4 is 22.4 Å². The Kier molecular flexibility index (Phi) is 3.73. The highest BCUT2D eigenvalue weighted by Gasteiger charge is 2.29. The molecule has 0 amide bonds. The van der Waals surface area contributed by atoms with Gasteiger partial charge in [-0.2, -0.15) is 5.10 Å². The second-order valence-electron chi connectivity index (χ2n) is 5.81. The minimum Gasteiger partial charge on any atom is -0.366 e. The number of ether oxygens (including phenoxy) is 1. The Morgan fingerprint density at radius 3 is 2.88 bits per heavy atom. The summed E-state index contributed by atoms with van der Waals surface area (Å²) in [6.45, 7) is 4.70. The topological polar surface area (TPSA) is 88.6 Å². The average Bonchev–Trinajstić information content (AvgIpc) is 3.14. The summed E-state index contributed by atoms with van der Waals surface area (Å²) in [7, 11) is 0. The van der Waals surface area contributed by atoms with E-state index < -0.39 is 5.82 Å². The number of fused-ring (bicyclic) bond motifs is 3. The first-order valence-electron chi connectivity index (χ1n) is 7.51. The van der Waals surface area contributed by atoms with Crippen LogP contribution in [0.5, 0.6) is 0 Å². The van der Waals surface area contributed by atoms with Crippen LogP contribution in [0.1, 0.15) is 30.5 Å². The van der Waals surface area contributed by atoms with Crippen LogP contribution in [0.4, 0.5) is 15.5 Å². The molecule has 0 spiro atoms. The summed E-state index contributed by atoms with van der Waals surface area (Å²) in [5, 5.41) is 10.8. The maximum atomic E-state index is 12.9. The number of halogens is 1. The van der Waals surface area contributed by atoms with Crippen molar-refractivity contribution < 1.29 is 9.13 Å². The number of aromatic nitrogens is 5. The van der Waals surface area contributed by atoms with Crippen molar-refractivity contribution in [1.82, 2.24) is 25.1 Å². The van der Waals surface area contributed by atoms with Crippen LogP contribution in [-0.2, 0) is 11.3 Å². The van der Waals surface area contributed by atoms with Crippen LogP contribution in [0.3, 0.4) is 0 Å². The molecule has 7 nitrogen and oxygen atoms in total. The molecule has 0 saturated heterocycles. The van der Waals surface area contributed by atoms with Crippen LogP contribution in [0.2, 0.25) is 0 Å². The molecule has 0 fully saturated rings. The molecule has 4 heterocycles. The summed E-state index contributed by atoms with van der Waals surface area (Å²) in [6.07, 6.45) is 3.95. The van der Waals surface area contributed by atoms with E-state index in [0.29, 0.717) is 23.6 Å². The van der Waals surface area contributed by atoms with E-state index >= 15 is 0 Å². The van der Waals surface area contributed by atoms with E-state index in [4.69, 9.17) is 4.74 Å². The predicted octanol–water partition coefficient (Wildman–Crippen LogP) is 3.43. The number of aromatic amines is 1. The van der Waals surface area contributed by atoms with Gasteiger partial charge < -0.3 is 10.1 Å². The molecular formula is C15H15FN6OS. The van der Waals surface area contributed by atoms with Gasteiger partial charge in [0.2, 0.25) is 5.95 Å². The van der Waals surface area contributed by atoms with Gasteiger partial charge in [0.1, 0.15) is 6.10 Å². The van der Waals surface area contributed by atoms with Crippen molar-refractivity contribution in [3.63, 3.8) is 0 Å². The van der Waals surface area contributed by atoms with E-state index in [0.717, 1.165) is 34.2 Å². The molecule has 1 aliphatic heterocycles. The first-order chi connectivity index (χ1) is 11.6. The Morgan fingerprint density at radius 1 is 1.33 bits per heavy atom. The molecule has 0 bridgehead atoms. The first kappa shape index (κ1) is 15.2. The second kappa shape index (κ2) is 5.91. The van der Waals surface area contributed by atoms with E-state index in [9.17, 15) is 4.39 Å². The van der Waals surface area contributed by atoms with Crippen LogP contribution < -0.4 is 5.32 Å². The summed E-state index contributed by atoms with van der Waals surface area (Å²) < 4.78 is 18.9. The fourth-order valence-corrected chi connectivity index (χ4v) is 3.55. The Bertz CT molecular complexity index is 859. The fraction of sp³-hybridized carbons (Fsp3) is 0.333. The molecule has 4 rings (SSSR count). The second-order valence-corrected chi connectivity index (χ2v) is 6.90. The molecule has 3 aromatic heterocycles. The summed E-state index contributed by atoms with van der Waals surface area (Å²) in [4.78, 5) is 13.4. The lowest BCUT2D eigenvalue weighted by atomic mass is 10.0. The van der Waals surface area contributed by atoms with E-state index in [1.165, 1.54) is 11.3 Å². The van der Waals surface area contributed by atoms with Crippen molar-refractivity contribution in [2.75, 3.05) is 5.32 Å². The number of anilines is 2. The van der Waals surface area contributed by atoms with Crippen LogP contribution in [-0.4, -0.2) is 25.1 Å². The maximum absolute atomic E-state index is 12.9. The zero-order valence-corrected chi connectivity index (χ0v) is 13.9. The lowest BCUT2D eigenvalue weighted by Gasteiger charge is -2.18. The van der Waals surface area contributed by atoms with Gasteiger partial charge in [0.05, 0.1) is 41.5 Å². The van der Waals surface area contributed by atoms with Crippen LogP contribution in [0, 0.1) is 11.7 Å². The van der Waals surface area contributed by atoms with E-state index in [1.54, 1.807) is 6.20 Å². The molecule has 0 aromatic carbocycles. The highest BCUT2D eigenvalue weighted by molar-refractivity contribution is 7.16. The largest absolute Gasteiger partial charge is 0.366 e. The van der Waals surface area contributed by atoms with Gasteiger partial charge in [0.15, 0.2) is 10.9 Å². The molecule has 9 heteroatoms. The lowest BCUT2D eigenvalue weighted by Crippen LogP contribution is -2.10. The van der Waals surface area contributed by atoms with Gasteiger partial charge in [0.25, 0.3) is 0 Å². The van der Waals surface area contributed by atoms with Crippen molar-refractivity contribution in [3.05, 3.63) is 35.0 Å². The minimum absolute atomic E-state index is 0.0410. The normalized spacial score (nSPS) is 16.6. The summed E-state index contributed by atoms with van der Waals surface area (Å²) >= 11 is 1.47. The molecule has 0 saturated carbocycles. The van der Waals surface area contributed by atoms with Gasteiger partial charge in [-0.25, -0.2) is 19.3 Å². The van der Waals surface area contributed by atoms with E-state index in [1.807, 2.05) is 0 Å². The van der Waals surface area contributed by atoms with Crippen molar-refractivity contribution in [2.45, 2.75) is 26.6 Å². The Labute approximate surface area is 141 Å². The standard InChI is InChI=1S/C15H15FN6OS/c1-7(2)13-12-9(5-19-22-12)11-10(6-23-13)24-15(20-11)21-14-17-3-8(16)4-18-14/h3-5,7,13H,6H2,1-2H3,(H,19,22)(H,17,18,20,21). The molecule has 3 aromatic rings. The number of thiazole rings is 1. The molecule has 24 heavy (non-hydrogen) atoms. The summed E-state index contributed by atoms with van der Waals surface area (Å²) in [6, 6.07) is 0. The van der Waals surface area contributed by atoms with Crippen molar-refractivity contribution in [1.29, 1.82) is 0 Å². The van der Waals surface area contributed by atoms with Crippen LogP contribution in [0.25, 0.3) is 11.3 Å². The maximum Gasteiger partial charge on any atom is 0.229 e. The van der Waals surface area contributed by atoms with Gasteiger partial charge in [-0.3, -0.25) is 5.10 Å². The number of nitrogens with one attached hydrogen (secondary N) is 2. The van der Waals surface area contributed by atoms with Crippen molar-refractivity contribution in [2.24, 2.45) is 5.92 Å². The average molecular weight is 346 g/mol. The zero-order chi connectivity index (χ0) is 16.7. The molecule has 1 atom stereocenters. The SMILES string of the molecule is CC(C)C1OCc2sc(Nc3ncc(F)cn3)nc2-c2cn[nH]c21. The highest BCUT2D eigenvalue weighted by Crippen LogP contribution is 2.41. The molecule has 124 valence electrons. The number of hydrogen-bond donors (Lipinski definition) is 2. The molecule has 0 radical (unpaired) electrons. The lowest BCUT2D eigenvalue weighted by molar-refractivity contribution is 0.00968. The summed E-state index contributed by atoms with van der Waals surface area (Å²) in [5.74, 6) is 0.142. The van der Waals surface area contributed by atoms with Gasteiger partial charge in [-0.1, -0.05) is 25.2 Å². The van der Waals surface area contributed by atoms with Crippen molar-refractivity contribution in [3.8, 4) is 11.3 Å². The van der Waals surface area contributed by atoms with Gasteiger partial charge in [-0.15, -0.1) is 0 Å². The third-order valence-electron chi connectivity index (χ3n) is 3.74. The first-order valence-corrected chi connectivity index (χ1v) is 8.33. The smallest absolute Gasteiger partial charge is 0.229 e. The van der Waals surface area contributed by atoms with Gasteiger partial charge in [-0.05, 0) is 5.92 Å². The number of nitrogens with zero attached hydrogens (tertiary/aromatic N) is 4. The number of rotatable bonds is 3. The van der Waals surface area contributed by atoms with E-state index in [-0.39, 0.29) is 6.10 Å². The molecule has 0 aliphatic carbocycles. The Morgan fingerprint density at radius 2 is 2.12 bits per heavy atom. The van der Waals surface area contributed by atoms with Gasteiger partial charge in [0, 0.05) is 5.56 Å². The number of hydrogen-bond acceptors (Lipinski definition) is 7. The van der Waals surface area contributed by atoms with Crippen LogP contribution >= 0.6 is 11.3 Å². The van der Waals surface area contributed by atoms with Crippen LogP contribution in [0.15, 0.2) is 18.6 Å². The molecule has 1 unspecified atom stereocenters.